The summed E-state index contributed by atoms with van der Waals surface area (Å²) in [7, 11) is 0. The van der Waals surface area contributed by atoms with Gasteiger partial charge < -0.3 is 43.4 Å². The van der Waals surface area contributed by atoms with Gasteiger partial charge in [0, 0.05) is 12.3 Å². The Hall–Kier alpha value is -2.58. The van der Waals surface area contributed by atoms with Crippen molar-refractivity contribution in [3.63, 3.8) is 0 Å². The Morgan fingerprint density at radius 2 is 1.63 bits per heavy atom. The molecule has 5 atom stereocenters. The monoisotopic (exact) mass is 449 g/mol. The van der Waals surface area contributed by atoms with Crippen molar-refractivity contribution < 1.29 is 29.4 Å². The number of nitrogens with zero attached hydrogens (tertiary/aromatic N) is 1. The Balaban J connectivity index is 5.09. The van der Waals surface area contributed by atoms with E-state index < -0.39 is 54.0 Å². The summed E-state index contributed by atoms with van der Waals surface area (Å²) in [6, 6.07) is -4.67. The van der Waals surface area contributed by atoms with Crippen molar-refractivity contribution in [3.8, 4) is 0 Å². The molecule has 0 heterocycles. The molecule has 5 unspecified atom stereocenters. The van der Waals surface area contributed by atoms with Gasteiger partial charge in [0.2, 0.25) is 17.7 Å². The van der Waals surface area contributed by atoms with Crippen LogP contribution in [0.4, 0.5) is 0 Å². The normalized spacial score (nSPS) is 15.6. The molecule has 13 nitrogen and oxygen atoms in total. The number of amides is 3. The molecule has 0 saturated heterocycles. The quantitative estimate of drug-likeness (QED) is 0.0580. The lowest BCUT2D eigenvalue weighted by molar-refractivity contribution is -0.145. The molecule has 0 spiro atoms. The molecule has 0 fully saturated rings. The highest BCUT2D eigenvalue weighted by Gasteiger charge is 2.29. The zero-order valence-electron chi connectivity index (χ0n) is 16.9. The van der Waals surface area contributed by atoms with Crippen LogP contribution < -0.4 is 33.2 Å². The molecule has 0 aliphatic carbocycles. The van der Waals surface area contributed by atoms with E-state index in [1.54, 1.807) is 0 Å². The van der Waals surface area contributed by atoms with Crippen molar-refractivity contribution in [1.82, 2.24) is 16.0 Å². The van der Waals surface area contributed by atoms with Crippen LogP contribution in [0.5, 0.6) is 0 Å². The Morgan fingerprint density at radius 3 is 2.10 bits per heavy atom. The van der Waals surface area contributed by atoms with E-state index in [-0.39, 0.29) is 24.7 Å². The molecule has 172 valence electrons. The molecular weight excluding hydrogens is 418 g/mol. The first-order chi connectivity index (χ1) is 13.9. The Labute approximate surface area is 179 Å². The maximum Gasteiger partial charge on any atom is 0.328 e. The first-order valence-electron chi connectivity index (χ1n) is 9.14. The highest BCUT2D eigenvalue weighted by Crippen LogP contribution is 2.02. The molecular formula is C16H31N7O6S. The fraction of sp³-hybridized carbons (Fsp3) is 0.688. The topological polar surface area (TPSA) is 235 Å². The number of aliphatic hydroxyl groups is 1. The lowest BCUT2D eigenvalue weighted by Crippen LogP contribution is -2.57. The summed E-state index contributed by atoms with van der Waals surface area (Å²) in [6.45, 7) is 2.74. The number of aliphatic carboxylic acids is 1. The molecule has 0 bridgehead atoms. The number of guanidine groups is 1. The van der Waals surface area contributed by atoms with Crippen LogP contribution >= 0.6 is 12.6 Å². The summed E-state index contributed by atoms with van der Waals surface area (Å²) in [4.78, 5) is 51.6. The Bertz CT molecular complexity index is 642. The third-order valence-electron chi connectivity index (χ3n) is 3.91. The van der Waals surface area contributed by atoms with Crippen molar-refractivity contribution in [2.45, 2.75) is 57.0 Å². The summed E-state index contributed by atoms with van der Waals surface area (Å²) in [5.41, 5.74) is 16.1. The van der Waals surface area contributed by atoms with E-state index in [0.717, 1.165) is 0 Å². The molecule has 3 amide bonds. The molecule has 0 aliphatic heterocycles. The number of thiol groups is 1. The van der Waals surface area contributed by atoms with E-state index in [9.17, 15) is 24.3 Å². The van der Waals surface area contributed by atoms with E-state index >= 15 is 0 Å². The van der Waals surface area contributed by atoms with Crippen molar-refractivity contribution in [3.05, 3.63) is 0 Å². The number of hydrogen-bond donors (Lipinski definition) is 9. The van der Waals surface area contributed by atoms with Crippen LogP contribution in [0.2, 0.25) is 0 Å². The predicted molar refractivity (Wildman–Crippen MR) is 113 cm³/mol. The lowest BCUT2D eigenvalue weighted by atomic mass is 10.1. The maximum atomic E-state index is 12.6. The molecule has 14 heteroatoms. The molecule has 0 rings (SSSR count). The van der Waals surface area contributed by atoms with Gasteiger partial charge in [-0.05, 0) is 26.7 Å². The van der Waals surface area contributed by atoms with Gasteiger partial charge in [-0.3, -0.25) is 19.4 Å². The Morgan fingerprint density at radius 1 is 1.03 bits per heavy atom. The van der Waals surface area contributed by atoms with Crippen molar-refractivity contribution in [1.29, 1.82) is 0 Å². The van der Waals surface area contributed by atoms with E-state index in [1.165, 1.54) is 13.8 Å². The number of carbonyl (C=O) groups excluding carboxylic acids is 3. The van der Waals surface area contributed by atoms with Crippen molar-refractivity contribution >= 4 is 42.3 Å². The van der Waals surface area contributed by atoms with Crippen LogP contribution in [0.25, 0.3) is 0 Å². The molecule has 0 aliphatic rings. The lowest BCUT2D eigenvalue weighted by Gasteiger charge is -2.23. The number of carbonyl (C=O) groups is 4. The van der Waals surface area contributed by atoms with Gasteiger partial charge in [0.25, 0.3) is 0 Å². The summed E-state index contributed by atoms with van der Waals surface area (Å²) in [5.74, 6) is -3.61. The maximum absolute atomic E-state index is 12.6. The zero-order chi connectivity index (χ0) is 23.4. The van der Waals surface area contributed by atoms with Crippen LogP contribution in [0.1, 0.15) is 26.7 Å². The number of carboxylic acid groups (broad SMARTS) is 1. The number of aliphatic hydroxyl groups excluding tert-OH is 1. The number of aliphatic imine (C=N–C) groups is 1. The number of rotatable bonds is 13. The molecule has 0 aromatic carbocycles. The average molecular weight is 450 g/mol. The average Bonchev–Trinajstić information content (AvgIpc) is 2.66. The SMILES string of the molecule is CC(NC(=O)C(CCCN=C(N)N)NC(=O)C(N)CS)C(=O)NC(C(=O)O)C(C)O. The third-order valence-corrected chi connectivity index (χ3v) is 4.30. The highest BCUT2D eigenvalue weighted by molar-refractivity contribution is 7.80. The number of carboxylic acids is 1. The van der Waals surface area contributed by atoms with Crippen molar-refractivity contribution in [2.75, 3.05) is 12.3 Å². The van der Waals surface area contributed by atoms with Gasteiger partial charge in [0.05, 0.1) is 12.1 Å². The molecule has 0 aromatic rings. The van der Waals surface area contributed by atoms with E-state index in [0.29, 0.717) is 6.42 Å². The molecule has 11 N–H and O–H groups in total. The molecule has 0 saturated carbocycles. The standard InChI is InChI=1S/C16H31N7O6S/c1-7(12(25)23-11(8(2)24)15(28)29)21-14(27)10(4-3-5-20-16(18)19)22-13(26)9(17)6-30/h7-11,24,30H,3-6,17H2,1-2H3,(H,21,27)(H,22,26)(H,23,25)(H,28,29)(H4,18,19,20). The summed E-state index contributed by atoms with van der Waals surface area (Å²) in [6.07, 6.45) is -0.858. The highest BCUT2D eigenvalue weighted by atomic mass is 32.1. The van der Waals surface area contributed by atoms with Crippen LogP contribution in [-0.4, -0.2) is 82.4 Å². The zero-order valence-corrected chi connectivity index (χ0v) is 17.8. The van der Waals surface area contributed by atoms with Crippen LogP contribution in [-0.2, 0) is 19.2 Å². The second-order valence-electron chi connectivity index (χ2n) is 6.59. The molecule has 0 aromatic heterocycles. The Kier molecular flexibility index (Phi) is 12.4. The first kappa shape index (κ1) is 27.4. The van der Waals surface area contributed by atoms with Gasteiger partial charge in [-0.2, -0.15) is 12.6 Å². The number of hydrogen-bond acceptors (Lipinski definition) is 8. The van der Waals surface area contributed by atoms with Gasteiger partial charge in [0.15, 0.2) is 12.0 Å². The van der Waals surface area contributed by atoms with E-state index in [4.69, 9.17) is 22.3 Å². The number of nitrogens with one attached hydrogen (secondary N) is 3. The van der Waals surface area contributed by atoms with Gasteiger partial charge in [0.1, 0.15) is 12.1 Å². The first-order valence-corrected chi connectivity index (χ1v) is 9.77. The minimum atomic E-state index is -1.54. The fourth-order valence-electron chi connectivity index (χ4n) is 2.18. The third kappa shape index (κ3) is 10.3. The van der Waals surface area contributed by atoms with Crippen LogP contribution in [0.15, 0.2) is 4.99 Å². The van der Waals surface area contributed by atoms with E-state index in [1.807, 2.05) is 0 Å². The van der Waals surface area contributed by atoms with Gasteiger partial charge >= 0.3 is 5.97 Å². The van der Waals surface area contributed by atoms with Crippen LogP contribution in [0, 0.1) is 0 Å². The molecule has 30 heavy (non-hydrogen) atoms. The second-order valence-corrected chi connectivity index (χ2v) is 6.96. The van der Waals surface area contributed by atoms with E-state index in [2.05, 4.69) is 33.6 Å². The summed E-state index contributed by atoms with van der Waals surface area (Å²) >= 11 is 3.93. The molecule has 0 radical (unpaired) electrons. The second kappa shape index (κ2) is 13.6. The summed E-state index contributed by atoms with van der Waals surface area (Å²) in [5, 5.41) is 25.5. The largest absolute Gasteiger partial charge is 0.480 e. The van der Waals surface area contributed by atoms with Gasteiger partial charge in [-0.1, -0.05) is 0 Å². The smallest absolute Gasteiger partial charge is 0.328 e. The van der Waals surface area contributed by atoms with Gasteiger partial charge in [-0.25, -0.2) is 4.79 Å². The van der Waals surface area contributed by atoms with Crippen LogP contribution in [0.3, 0.4) is 0 Å². The summed E-state index contributed by atoms with van der Waals surface area (Å²) < 4.78 is 0. The van der Waals surface area contributed by atoms with Crippen molar-refractivity contribution in [2.24, 2.45) is 22.2 Å². The minimum absolute atomic E-state index is 0.0584. The predicted octanol–water partition coefficient (Wildman–Crippen LogP) is -3.76. The fourth-order valence-corrected chi connectivity index (χ4v) is 2.35. The van der Waals surface area contributed by atoms with Gasteiger partial charge in [-0.15, -0.1) is 0 Å². The number of nitrogens with two attached hydrogens (primary N) is 3. The minimum Gasteiger partial charge on any atom is -0.480 e.